The number of aliphatic hydroxyl groups is 24. The zero-order valence-corrected chi connectivity index (χ0v) is 48.0. The van der Waals surface area contributed by atoms with Crippen molar-refractivity contribution < 1.29 is 198 Å². The van der Waals surface area contributed by atoms with Gasteiger partial charge in [-0.15, -0.1) is 0 Å². The van der Waals surface area contributed by atoms with Gasteiger partial charge in [0.25, 0.3) is 0 Å². The van der Waals surface area contributed by atoms with E-state index in [9.17, 15) is 123 Å². The Morgan fingerprint density at radius 1 is 0.211 bits per heavy atom. The molecule has 24 N–H and O–H groups in total. The SMILES string of the molecule is CO[C@H]1OC(CO)[C@@H](O[C@H]2OC(CO)[C@@H](O[C@H]3OC(CO)[C@@H](O[C@H]4OC(CO)[C@@H](O[C@H]5OC(CO)[C@@H](O[C@H]6OC(CO)[C@@H](O[C@H]7OC(CO)[C@@H](O[C@H]8OC(CO)[C@H](C)[C@@H](O)C8O)[C@@H](O)C7O)[C@@H](O)C6O)[C@@H](O)C5O)[C@@H](O)C4O)[C@@H](O)C3O)[C@@H](O)C2O)[C@@H](O)C1O. The summed E-state index contributed by atoms with van der Waals surface area (Å²) in [6.45, 7) is -6.11. The number of hydrogen-bond acceptors (Lipinski definition) is 40. The average Bonchev–Trinajstić information content (AvgIpc) is 0.930. The van der Waals surface area contributed by atoms with Crippen LogP contribution in [0.1, 0.15) is 6.92 Å². The number of methoxy groups -OCH3 is 1. The minimum Gasteiger partial charge on any atom is -0.394 e. The second-order valence-corrected chi connectivity index (χ2v) is 23.0. The van der Waals surface area contributed by atoms with Crippen molar-refractivity contribution in [1.29, 1.82) is 0 Å². The van der Waals surface area contributed by atoms with Gasteiger partial charge in [0, 0.05) is 13.0 Å². The normalized spacial score (nSPS) is 53.1. The molecule has 526 valence electrons. The van der Waals surface area contributed by atoms with E-state index in [0.717, 1.165) is 7.11 Å². The molecule has 40 atom stereocenters. The van der Waals surface area contributed by atoms with Crippen LogP contribution in [-0.2, 0) is 75.8 Å². The summed E-state index contributed by atoms with van der Waals surface area (Å²) in [6.07, 6.45) is -73.4. The highest BCUT2D eigenvalue weighted by atomic mass is 16.8. The summed E-state index contributed by atoms with van der Waals surface area (Å²) in [5, 5.41) is 259. The predicted octanol–water partition coefficient (Wildman–Crippen LogP) is -16.5. The van der Waals surface area contributed by atoms with E-state index in [1.165, 1.54) is 6.92 Å². The highest BCUT2D eigenvalue weighted by Crippen LogP contribution is 2.39. The van der Waals surface area contributed by atoms with Gasteiger partial charge in [0.2, 0.25) is 0 Å². The lowest BCUT2D eigenvalue weighted by Crippen LogP contribution is -2.68. The van der Waals surface area contributed by atoms with Crippen molar-refractivity contribution in [3.8, 4) is 0 Å². The maximum absolute atomic E-state index is 11.4. The fourth-order valence-corrected chi connectivity index (χ4v) is 11.9. The van der Waals surface area contributed by atoms with Crippen LogP contribution in [0.4, 0.5) is 0 Å². The average molecular weight is 1330 g/mol. The molecule has 0 saturated carbocycles. The molecule has 8 aliphatic rings. The molecule has 16 unspecified atom stereocenters. The van der Waals surface area contributed by atoms with Crippen molar-refractivity contribution in [3.63, 3.8) is 0 Å². The summed E-state index contributed by atoms with van der Waals surface area (Å²) in [7, 11) is 1.15. The summed E-state index contributed by atoms with van der Waals surface area (Å²) in [5.74, 6) is -0.763. The number of rotatable bonds is 23. The van der Waals surface area contributed by atoms with E-state index in [2.05, 4.69) is 0 Å². The fourth-order valence-electron chi connectivity index (χ4n) is 11.9. The summed E-state index contributed by atoms with van der Waals surface area (Å²) in [6, 6.07) is 0. The third-order valence-electron chi connectivity index (χ3n) is 17.3. The molecule has 8 aliphatic heterocycles. The molecule has 8 fully saturated rings. The monoisotopic (exact) mass is 1330 g/mol. The lowest BCUT2D eigenvalue weighted by atomic mass is 9.91. The molecule has 90 heavy (non-hydrogen) atoms. The predicted molar refractivity (Wildman–Crippen MR) is 272 cm³/mol. The Kier molecular flexibility index (Phi) is 26.5. The largest absolute Gasteiger partial charge is 0.394 e. The molecule has 0 bridgehead atoms. The topological polar surface area (TPSA) is 633 Å². The third-order valence-corrected chi connectivity index (χ3v) is 17.3. The molecule has 8 heterocycles. The Hall–Kier alpha value is -1.60. The van der Waals surface area contributed by atoms with Crippen LogP contribution >= 0.6 is 0 Å². The second kappa shape index (κ2) is 32.2. The Balaban J connectivity index is 0.849. The van der Waals surface area contributed by atoms with Crippen LogP contribution in [0.15, 0.2) is 0 Å². The van der Waals surface area contributed by atoms with Crippen LogP contribution < -0.4 is 0 Å². The van der Waals surface area contributed by atoms with Crippen molar-refractivity contribution in [2.75, 3.05) is 60.0 Å². The van der Waals surface area contributed by atoms with Gasteiger partial charge >= 0.3 is 0 Å². The lowest BCUT2D eigenvalue weighted by Gasteiger charge is -2.50. The summed E-state index contributed by atoms with van der Waals surface area (Å²) >= 11 is 0. The van der Waals surface area contributed by atoms with E-state index in [4.69, 9.17) is 75.8 Å². The van der Waals surface area contributed by atoms with Crippen LogP contribution in [0.3, 0.4) is 0 Å². The molecule has 0 aromatic carbocycles. The van der Waals surface area contributed by atoms with Gasteiger partial charge in [-0.25, -0.2) is 0 Å². The van der Waals surface area contributed by atoms with E-state index in [1.54, 1.807) is 0 Å². The number of aliphatic hydroxyl groups excluding tert-OH is 24. The molecule has 0 aliphatic carbocycles. The van der Waals surface area contributed by atoms with E-state index in [-0.39, 0.29) is 0 Å². The van der Waals surface area contributed by atoms with Gasteiger partial charge in [0.1, 0.15) is 177 Å². The van der Waals surface area contributed by atoms with Crippen molar-refractivity contribution in [2.45, 2.75) is 246 Å². The van der Waals surface area contributed by atoms with Crippen LogP contribution in [0.25, 0.3) is 0 Å². The van der Waals surface area contributed by atoms with E-state index in [0.29, 0.717) is 0 Å². The quantitative estimate of drug-likeness (QED) is 0.0452. The second-order valence-electron chi connectivity index (χ2n) is 23.0. The van der Waals surface area contributed by atoms with Gasteiger partial charge in [-0.3, -0.25) is 0 Å². The molecule has 0 aromatic rings. The standard InChI is InChI=1S/C50H86O40/c1-11-12(3-51)76-44(28(67)20(11)59)84-37-14(5-53)78-46(30(69)22(37)61)86-39-16(7-55)80-48(32(71)24(39)63)88-41-18(9-57)82-50(34(73)26(41)65)90-42-19(10-58)83-49(35(74)27(42)66)89-40-17(8-56)81-47(33(72)25(40)64)87-38-15(6-54)79-45(31(70)23(38)62)85-36-13(4-52)77-43(75-2)29(68)21(36)60/h11-74H,3-10H2,1-2H3/t11-,12?,13?,14?,15?,16?,17?,18?,19?,20+,21-,22-,23-,24-,25-,26-,27-,28?,29?,30?,31?,32?,33?,34?,35?,36+,37+,38+,39+,40+,41+,42+,43-,44+,45+,46+,47+,48+,49+,50+/m0/s1. The van der Waals surface area contributed by atoms with Gasteiger partial charge in [-0.05, 0) is 0 Å². The van der Waals surface area contributed by atoms with E-state index < -0.39 is 298 Å². The van der Waals surface area contributed by atoms with E-state index >= 15 is 0 Å². The minimum atomic E-state index is -2.25. The molecule has 0 spiro atoms. The van der Waals surface area contributed by atoms with Crippen molar-refractivity contribution >= 4 is 0 Å². The Labute approximate surface area is 509 Å². The molecular weight excluding hydrogens is 1240 g/mol. The number of hydrogen-bond donors (Lipinski definition) is 24. The van der Waals surface area contributed by atoms with Crippen molar-refractivity contribution in [2.24, 2.45) is 5.92 Å². The molecule has 0 amide bonds. The molecule has 40 nitrogen and oxygen atoms in total. The Morgan fingerprint density at radius 2 is 0.356 bits per heavy atom. The van der Waals surface area contributed by atoms with Crippen LogP contribution in [0.5, 0.6) is 0 Å². The van der Waals surface area contributed by atoms with Crippen LogP contribution in [-0.4, -0.2) is 422 Å². The minimum absolute atomic E-state index is 0.603. The van der Waals surface area contributed by atoms with Gasteiger partial charge in [-0.1, -0.05) is 6.92 Å². The molecule has 8 rings (SSSR count). The fraction of sp³-hybridized carbons (Fsp3) is 1.00. The maximum Gasteiger partial charge on any atom is 0.187 e. The summed E-state index contributed by atoms with van der Waals surface area (Å²) in [4.78, 5) is 0. The van der Waals surface area contributed by atoms with Gasteiger partial charge in [-0.2, -0.15) is 0 Å². The first-order chi connectivity index (χ1) is 42.8. The van der Waals surface area contributed by atoms with Crippen LogP contribution in [0, 0.1) is 5.92 Å². The molecule has 40 heteroatoms. The highest BCUT2D eigenvalue weighted by Gasteiger charge is 2.59. The molecule has 8 saturated heterocycles. The summed E-state index contributed by atoms with van der Waals surface area (Å²) in [5.41, 5.74) is 0. The van der Waals surface area contributed by atoms with Crippen molar-refractivity contribution in [1.82, 2.24) is 0 Å². The molecule has 0 radical (unpaired) electrons. The lowest BCUT2D eigenvalue weighted by molar-refractivity contribution is -0.399. The highest BCUT2D eigenvalue weighted by molar-refractivity contribution is 5.01. The first kappa shape index (κ1) is 74.2. The molecule has 0 aromatic heterocycles. The van der Waals surface area contributed by atoms with Gasteiger partial charge < -0.3 is 198 Å². The van der Waals surface area contributed by atoms with E-state index in [1.807, 2.05) is 0 Å². The smallest absolute Gasteiger partial charge is 0.187 e. The maximum atomic E-state index is 11.4. The molecular formula is C50H86O40. The number of ether oxygens (including phenoxy) is 16. The zero-order valence-electron chi connectivity index (χ0n) is 48.0. The van der Waals surface area contributed by atoms with Crippen molar-refractivity contribution in [3.05, 3.63) is 0 Å². The van der Waals surface area contributed by atoms with Gasteiger partial charge in [0.15, 0.2) is 50.3 Å². The first-order valence-corrected chi connectivity index (χ1v) is 28.9. The van der Waals surface area contributed by atoms with Gasteiger partial charge in [0.05, 0.1) is 65.1 Å². The Morgan fingerprint density at radius 3 is 0.522 bits per heavy atom. The first-order valence-electron chi connectivity index (χ1n) is 28.9. The summed E-state index contributed by atoms with van der Waals surface area (Å²) < 4.78 is 89.5. The third kappa shape index (κ3) is 15.1. The van der Waals surface area contributed by atoms with Crippen LogP contribution in [0.2, 0.25) is 0 Å². The zero-order chi connectivity index (χ0) is 66.1. The Bertz CT molecular complexity index is 2140.